The molecule has 7 nitrogen and oxygen atoms in total. The lowest BCUT2D eigenvalue weighted by molar-refractivity contribution is -0.138. The Labute approximate surface area is 114 Å². The Kier molecular flexibility index (Phi) is 2.86. The zero-order valence-corrected chi connectivity index (χ0v) is 10.5. The highest BCUT2D eigenvalue weighted by atomic mass is 16.5. The summed E-state index contributed by atoms with van der Waals surface area (Å²) < 4.78 is 5.05. The maximum atomic E-state index is 11.8. The van der Waals surface area contributed by atoms with Crippen molar-refractivity contribution >= 4 is 23.3 Å². The van der Waals surface area contributed by atoms with Crippen LogP contribution in [0.4, 0.5) is 11.5 Å². The highest BCUT2D eigenvalue weighted by Crippen LogP contribution is 2.24. The standard InChI is InChI=1S/C13H12N4O3/c14-11-7-10(20-16-11)8-1-3-9(4-2-8)17-6-5-15-12(18)13(17)19/h1-4,7H,5-6H2,(H2,14,16)(H,15,18). The largest absolute Gasteiger partial charge is 0.381 e. The van der Waals surface area contributed by atoms with Gasteiger partial charge in [0.1, 0.15) is 0 Å². The van der Waals surface area contributed by atoms with Gasteiger partial charge < -0.3 is 20.5 Å². The van der Waals surface area contributed by atoms with Crippen LogP contribution in [0.25, 0.3) is 11.3 Å². The molecular weight excluding hydrogens is 260 g/mol. The van der Waals surface area contributed by atoms with Crippen LogP contribution in [0, 0.1) is 0 Å². The van der Waals surface area contributed by atoms with E-state index in [9.17, 15) is 9.59 Å². The molecule has 1 aliphatic rings. The molecular formula is C13H12N4O3. The summed E-state index contributed by atoms with van der Waals surface area (Å²) in [4.78, 5) is 24.5. The van der Waals surface area contributed by atoms with Gasteiger partial charge in [0.15, 0.2) is 11.6 Å². The number of nitrogen functional groups attached to an aromatic ring is 1. The van der Waals surface area contributed by atoms with Crippen LogP contribution in [-0.2, 0) is 9.59 Å². The lowest BCUT2D eigenvalue weighted by Crippen LogP contribution is -2.52. The van der Waals surface area contributed by atoms with Crippen molar-refractivity contribution in [3.8, 4) is 11.3 Å². The van der Waals surface area contributed by atoms with Crippen LogP contribution >= 0.6 is 0 Å². The minimum absolute atomic E-state index is 0.312. The third-order valence-corrected chi connectivity index (χ3v) is 3.05. The molecule has 3 N–H and O–H groups in total. The first kappa shape index (κ1) is 12.2. The maximum Gasteiger partial charge on any atom is 0.316 e. The minimum atomic E-state index is -0.580. The number of hydrogen-bond donors (Lipinski definition) is 2. The lowest BCUT2D eigenvalue weighted by Gasteiger charge is -2.26. The normalized spacial score (nSPS) is 15.3. The van der Waals surface area contributed by atoms with Crippen molar-refractivity contribution in [3.05, 3.63) is 30.3 Å². The fourth-order valence-corrected chi connectivity index (χ4v) is 2.06. The Balaban J connectivity index is 1.86. The van der Waals surface area contributed by atoms with E-state index in [-0.39, 0.29) is 0 Å². The highest BCUT2D eigenvalue weighted by molar-refractivity contribution is 6.41. The zero-order chi connectivity index (χ0) is 14.1. The molecule has 0 aliphatic carbocycles. The topological polar surface area (TPSA) is 101 Å². The molecule has 20 heavy (non-hydrogen) atoms. The molecule has 7 heteroatoms. The number of carbonyl (C=O) groups excluding carboxylic acids is 2. The van der Waals surface area contributed by atoms with E-state index in [0.717, 1.165) is 5.56 Å². The number of anilines is 2. The number of piperazine rings is 1. The van der Waals surface area contributed by atoms with Gasteiger partial charge in [-0.25, -0.2) is 0 Å². The van der Waals surface area contributed by atoms with Gasteiger partial charge in [0.25, 0.3) is 0 Å². The van der Waals surface area contributed by atoms with E-state index >= 15 is 0 Å². The number of amides is 2. The summed E-state index contributed by atoms with van der Waals surface area (Å²) in [5.41, 5.74) is 6.96. The Morgan fingerprint density at radius 3 is 2.65 bits per heavy atom. The third-order valence-electron chi connectivity index (χ3n) is 3.05. The second-order valence-electron chi connectivity index (χ2n) is 4.38. The summed E-state index contributed by atoms with van der Waals surface area (Å²) >= 11 is 0. The van der Waals surface area contributed by atoms with Crippen LogP contribution in [0.15, 0.2) is 34.9 Å². The number of rotatable bonds is 2. The number of aromatic nitrogens is 1. The second kappa shape index (κ2) is 4.69. The Morgan fingerprint density at radius 1 is 1.25 bits per heavy atom. The van der Waals surface area contributed by atoms with Crippen molar-refractivity contribution in [2.45, 2.75) is 0 Å². The van der Waals surface area contributed by atoms with Gasteiger partial charge >= 0.3 is 11.8 Å². The monoisotopic (exact) mass is 272 g/mol. The second-order valence-corrected chi connectivity index (χ2v) is 4.38. The average molecular weight is 272 g/mol. The van der Waals surface area contributed by atoms with E-state index in [1.807, 2.05) is 0 Å². The molecule has 0 radical (unpaired) electrons. The van der Waals surface area contributed by atoms with Crippen LogP contribution in [-0.4, -0.2) is 30.1 Å². The number of hydrogen-bond acceptors (Lipinski definition) is 5. The number of benzene rings is 1. The van der Waals surface area contributed by atoms with Crippen molar-refractivity contribution in [2.24, 2.45) is 0 Å². The summed E-state index contributed by atoms with van der Waals surface area (Å²) in [5, 5.41) is 6.12. The summed E-state index contributed by atoms with van der Waals surface area (Å²) in [6, 6.07) is 8.70. The van der Waals surface area contributed by atoms with E-state index < -0.39 is 11.8 Å². The summed E-state index contributed by atoms with van der Waals surface area (Å²) in [6.07, 6.45) is 0. The molecule has 0 bridgehead atoms. The summed E-state index contributed by atoms with van der Waals surface area (Å²) in [5.74, 6) is -0.264. The fraction of sp³-hybridized carbons (Fsp3) is 0.154. The van der Waals surface area contributed by atoms with Crippen molar-refractivity contribution in [1.29, 1.82) is 0 Å². The highest BCUT2D eigenvalue weighted by Gasteiger charge is 2.27. The molecule has 0 unspecified atom stereocenters. The quantitative estimate of drug-likeness (QED) is 0.770. The van der Waals surface area contributed by atoms with Crippen LogP contribution in [0.1, 0.15) is 0 Å². The van der Waals surface area contributed by atoms with Gasteiger partial charge in [-0.2, -0.15) is 0 Å². The Morgan fingerprint density at radius 2 is 2.00 bits per heavy atom. The van der Waals surface area contributed by atoms with Gasteiger partial charge in [0.05, 0.1) is 0 Å². The molecule has 3 rings (SSSR count). The van der Waals surface area contributed by atoms with Gasteiger partial charge in [-0.15, -0.1) is 0 Å². The predicted molar refractivity (Wildman–Crippen MR) is 71.7 cm³/mol. The Bertz CT molecular complexity index is 663. The lowest BCUT2D eigenvalue weighted by atomic mass is 10.1. The van der Waals surface area contributed by atoms with Crippen molar-refractivity contribution in [1.82, 2.24) is 10.5 Å². The minimum Gasteiger partial charge on any atom is -0.381 e. The van der Waals surface area contributed by atoms with Crippen molar-refractivity contribution in [2.75, 3.05) is 23.7 Å². The molecule has 1 saturated heterocycles. The van der Waals surface area contributed by atoms with E-state index in [1.54, 1.807) is 30.3 Å². The summed E-state index contributed by atoms with van der Waals surface area (Å²) in [6.45, 7) is 0.907. The molecule has 2 aromatic rings. The van der Waals surface area contributed by atoms with Gasteiger partial charge in [-0.1, -0.05) is 5.16 Å². The fourth-order valence-electron chi connectivity index (χ4n) is 2.06. The SMILES string of the molecule is Nc1cc(-c2ccc(N3CCNC(=O)C3=O)cc2)on1. The van der Waals surface area contributed by atoms with E-state index in [2.05, 4.69) is 10.5 Å². The molecule has 0 saturated carbocycles. The van der Waals surface area contributed by atoms with Crippen LogP contribution in [0.2, 0.25) is 0 Å². The molecule has 1 fully saturated rings. The Hall–Kier alpha value is -2.83. The summed E-state index contributed by atoms with van der Waals surface area (Å²) in [7, 11) is 0. The molecule has 1 aromatic carbocycles. The average Bonchev–Trinajstić information content (AvgIpc) is 2.89. The van der Waals surface area contributed by atoms with Crippen LogP contribution in [0.5, 0.6) is 0 Å². The first-order valence-corrected chi connectivity index (χ1v) is 6.07. The number of carbonyl (C=O) groups is 2. The van der Waals surface area contributed by atoms with Crippen molar-refractivity contribution < 1.29 is 14.1 Å². The number of nitrogens with zero attached hydrogens (tertiary/aromatic N) is 2. The van der Waals surface area contributed by atoms with Gasteiger partial charge in [0.2, 0.25) is 0 Å². The third kappa shape index (κ3) is 2.09. The molecule has 102 valence electrons. The van der Waals surface area contributed by atoms with Gasteiger partial charge in [-0.05, 0) is 24.3 Å². The first-order valence-electron chi connectivity index (χ1n) is 6.07. The predicted octanol–water partition coefficient (Wildman–Crippen LogP) is 0.387. The molecule has 2 amide bonds. The number of nitrogens with one attached hydrogen (secondary N) is 1. The van der Waals surface area contributed by atoms with E-state index in [1.165, 1.54) is 4.90 Å². The molecule has 0 atom stereocenters. The molecule has 0 spiro atoms. The van der Waals surface area contributed by atoms with Gasteiger partial charge in [0, 0.05) is 30.4 Å². The smallest absolute Gasteiger partial charge is 0.316 e. The number of nitrogens with two attached hydrogens (primary N) is 1. The van der Waals surface area contributed by atoms with Crippen LogP contribution < -0.4 is 16.0 Å². The van der Waals surface area contributed by atoms with E-state index in [0.29, 0.717) is 30.4 Å². The maximum absolute atomic E-state index is 11.8. The van der Waals surface area contributed by atoms with Crippen LogP contribution in [0.3, 0.4) is 0 Å². The molecule has 1 aromatic heterocycles. The molecule has 1 aliphatic heterocycles. The van der Waals surface area contributed by atoms with E-state index in [4.69, 9.17) is 10.3 Å². The zero-order valence-electron chi connectivity index (χ0n) is 10.5. The van der Waals surface area contributed by atoms with Crippen molar-refractivity contribution in [3.63, 3.8) is 0 Å². The first-order chi connectivity index (χ1) is 9.65. The van der Waals surface area contributed by atoms with Gasteiger partial charge in [-0.3, -0.25) is 9.59 Å². The molecule has 2 heterocycles.